The maximum Gasteiger partial charge on any atom is 0.169 e. The minimum atomic E-state index is 0.721. The number of pyridine rings is 1. The van der Waals surface area contributed by atoms with Crippen molar-refractivity contribution in [2.45, 2.75) is 71.8 Å². The van der Waals surface area contributed by atoms with E-state index in [2.05, 4.69) is 67.2 Å². The Balaban J connectivity index is 1.95. The summed E-state index contributed by atoms with van der Waals surface area (Å²) in [5.41, 5.74) is 7.86. The second-order valence-electron chi connectivity index (χ2n) is 8.02. The minimum absolute atomic E-state index is 0.721. The van der Waals surface area contributed by atoms with Crippen molar-refractivity contribution in [2.24, 2.45) is 5.73 Å². The molecule has 0 radical (unpaired) electrons. The van der Waals surface area contributed by atoms with Gasteiger partial charge in [0, 0.05) is 18.6 Å². The van der Waals surface area contributed by atoms with Crippen molar-refractivity contribution in [3.05, 3.63) is 53.9 Å². The normalized spacial score (nSPS) is 11.2. The predicted molar refractivity (Wildman–Crippen MR) is 130 cm³/mol. The molecular formula is C27H41N2O2+. The molecule has 1 heterocycles. The van der Waals surface area contributed by atoms with Crippen molar-refractivity contribution in [1.82, 2.24) is 0 Å². The third-order valence-corrected chi connectivity index (χ3v) is 5.23. The molecule has 31 heavy (non-hydrogen) atoms. The van der Waals surface area contributed by atoms with Crippen molar-refractivity contribution in [1.29, 1.82) is 0 Å². The van der Waals surface area contributed by atoms with E-state index in [1.807, 2.05) is 6.07 Å². The van der Waals surface area contributed by atoms with E-state index in [-0.39, 0.29) is 0 Å². The monoisotopic (exact) mass is 425 g/mol. The molecule has 2 rings (SSSR count). The van der Waals surface area contributed by atoms with Gasteiger partial charge in [-0.2, -0.15) is 0 Å². The van der Waals surface area contributed by atoms with Gasteiger partial charge < -0.3 is 15.2 Å². The van der Waals surface area contributed by atoms with Crippen LogP contribution in [0.5, 0.6) is 11.5 Å². The molecular weight excluding hydrogens is 384 g/mol. The lowest BCUT2D eigenvalue weighted by Crippen LogP contribution is -2.32. The molecule has 2 aromatic rings. The molecule has 0 atom stereocenters. The average Bonchev–Trinajstić information content (AvgIpc) is 2.80. The highest BCUT2D eigenvalue weighted by atomic mass is 16.5. The molecule has 4 nitrogen and oxygen atoms in total. The zero-order valence-corrected chi connectivity index (χ0v) is 19.5. The fraction of sp³-hybridized carbons (Fsp3) is 0.519. The van der Waals surface area contributed by atoms with E-state index in [4.69, 9.17) is 15.2 Å². The first-order chi connectivity index (χ1) is 15.3. The van der Waals surface area contributed by atoms with Gasteiger partial charge in [0.05, 0.1) is 13.2 Å². The highest BCUT2D eigenvalue weighted by molar-refractivity contribution is 5.70. The Morgan fingerprint density at radius 1 is 0.742 bits per heavy atom. The Labute approximate surface area is 189 Å². The smallest absolute Gasteiger partial charge is 0.169 e. The van der Waals surface area contributed by atoms with Crippen LogP contribution in [-0.2, 0) is 6.54 Å². The summed E-state index contributed by atoms with van der Waals surface area (Å²) in [6.07, 6.45) is 17.7. The van der Waals surface area contributed by atoms with Gasteiger partial charge in [0.25, 0.3) is 0 Å². The van der Waals surface area contributed by atoms with Gasteiger partial charge in [0.1, 0.15) is 6.54 Å². The van der Waals surface area contributed by atoms with Crippen LogP contribution in [0.2, 0.25) is 0 Å². The third-order valence-electron chi connectivity index (χ3n) is 5.23. The highest BCUT2D eigenvalue weighted by Crippen LogP contribution is 2.29. The van der Waals surface area contributed by atoms with E-state index in [9.17, 15) is 0 Å². The molecule has 0 unspecified atom stereocenters. The number of aryl methyl sites for hydroxylation is 1. The van der Waals surface area contributed by atoms with Crippen LogP contribution < -0.4 is 19.8 Å². The van der Waals surface area contributed by atoms with E-state index >= 15 is 0 Å². The van der Waals surface area contributed by atoms with Crippen molar-refractivity contribution in [2.75, 3.05) is 19.8 Å². The summed E-state index contributed by atoms with van der Waals surface area (Å²) in [7, 11) is 0. The molecule has 170 valence electrons. The molecule has 0 saturated carbocycles. The maximum atomic E-state index is 6.01. The van der Waals surface area contributed by atoms with E-state index in [0.717, 1.165) is 75.5 Å². The molecule has 0 saturated heterocycles. The summed E-state index contributed by atoms with van der Waals surface area (Å²) in [6, 6.07) is 10.5. The molecule has 0 aliphatic rings. The van der Waals surface area contributed by atoms with Gasteiger partial charge in [-0.1, -0.05) is 51.3 Å². The Bertz CT molecular complexity index is 756. The average molecular weight is 426 g/mol. The molecule has 1 aromatic carbocycles. The predicted octanol–water partition coefficient (Wildman–Crippen LogP) is 6.02. The van der Waals surface area contributed by atoms with Crippen molar-refractivity contribution >= 4 is 12.2 Å². The SMILES string of the molecule is CCCCOc1ccc(/C=C/c2cc[n+](CCCCCCN)cc2)cc1OCCCC. The molecule has 1 aromatic heterocycles. The first kappa shape index (κ1) is 24.9. The van der Waals surface area contributed by atoms with Gasteiger partial charge in [-0.25, -0.2) is 4.57 Å². The van der Waals surface area contributed by atoms with E-state index in [1.165, 1.54) is 24.8 Å². The number of aromatic nitrogens is 1. The van der Waals surface area contributed by atoms with Crippen LogP contribution >= 0.6 is 0 Å². The number of benzene rings is 1. The highest BCUT2D eigenvalue weighted by Gasteiger charge is 2.06. The zero-order chi connectivity index (χ0) is 22.2. The van der Waals surface area contributed by atoms with E-state index < -0.39 is 0 Å². The summed E-state index contributed by atoms with van der Waals surface area (Å²) in [6.45, 7) is 7.66. The minimum Gasteiger partial charge on any atom is -0.490 e. The number of nitrogens with zero attached hydrogens (tertiary/aromatic N) is 1. The molecule has 0 fully saturated rings. The van der Waals surface area contributed by atoms with E-state index in [1.54, 1.807) is 0 Å². The van der Waals surface area contributed by atoms with Crippen LogP contribution in [0, 0.1) is 0 Å². The van der Waals surface area contributed by atoms with Gasteiger partial charge in [0.2, 0.25) is 0 Å². The quantitative estimate of drug-likeness (QED) is 0.264. The number of hydrogen-bond acceptors (Lipinski definition) is 3. The van der Waals surface area contributed by atoms with Gasteiger partial charge in [-0.3, -0.25) is 0 Å². The van der Waals surface area contributed by atoms with Crippen LogP contribution in [0.3, 0.4) is 0 Å². The summed E-state index contributed by atoms with van der Waals surface area (Å²) in [5, 5.41) is 0. The van der Waals surface area contributed by atoms with Crippen LogP contribution in [0.4, 0.5) is 0 Å². The lowest BCUT2D eigenvalue weighted by atomic mass is 10.1. The van der Waals surface area contributed by atoms with Gasteiger partial charge >= 0.3 is 0 Å². The van der Waals surface area contributed by atoms with Gasteiger partial charge in [-0.15, -0.1) is 0 Å². The summed E-state index contributed by atoms with van der Waals surface area (Å²) in [4.78, 5) is 0. The molecule has 0 spiro atoms. The first-order valence-corrected chi connectivity index (χ1v) is 12.0. The molecule has 0 amide bonds. The molecule has 2 N–H and O–H groups in total. The third kappa shape index (κ3) is 10.0. The van der Waals surface area contributed by atoms with Crippen molar-refractivity contribution in [3.63, 3.8) is 0 Å². The standard InChI is InChI=1S/C27H41N2O2/c1-3-5-21-30-26-14-13-25(23-27(26)31-22-6-4-2)12-11-24-15-19-29(20-16-24)18-10-8-7-9-17-28/h11-16,19-20,23H,3-10,17-18,21-22,28H2,1-2H3/q+1/b12-11+. The number of nitrogens with two attached hydrogens (primary N) is 1. The van der Waals surface area contributed by atoms with Crippen LogP contribution in [-0.4, -0.2) is 19.8 Å². The van der Waals surface area contributed by atoms with Crippen molar-refractivity contribution in [3.8, 4) is 11.5 Å². The van der Waals surface area contributed by atoms with Crippen LogP contribution in [0.25, 0.3) is 12.2 Å². The first-order valence-electron chi connectivity index (χ1n) is 12.0. The van der Waals surface area contributed by atoms with Crippen LogP contribution in [0.1, 0.15) is 76.3 Å². The Morgan fingerprint density at radius 3 is 2.06 bits per heavy atom. The number of rotatable bonds is 16. The topological polar surface area (TPSA) is 48.4 Å². The maximum absolute atomic E-state index is 6.01. The Kier molecular flexibility index (Phi) is 12.4. The fourth-order valence-corrected chi connectivity index (χ4v) is 3.23. The Hall–Kier alpha value is -2.33. The fourth-order valence-electron chi connectivity index (χ4n) is 3.23. The number of hydrogen-bond donors (Lipinski definition) is 1. The van der Waals surface area contributed by atoms with Gasteiger partial charge in [-0.05, 0) is 55.5 Å². The van der Waals surface area contributed by atoms with Gasteiger partial charge in [0.15, 0.2) is 23.9 Å². The molecule has 0 bridgehead atoms. The van der Waals surface area contributed by atoms with E-state index in [0.29, 0.717) is 0 Å². The second kappa shape index (κ2) is 15.5. The largest absolute Gasteiger partial charge is 0.490 e. The summed E-state index contributed by atoms with van der Waals surface area (Å²) < 4.78 is 14.2. The van der Waals surface area contributed by atoms with Crippen molar-refractivity contribution < 1.29 is 14.0 Å². The number of ether oxygens (including phenoxy) is 2. The summed E-state index contributed by atoms with van der Waals surface area (Å²) >= 11 is 0. The summed E-state index contributed by atoms with van der Waals surface area (Å²) in [5.74, 6) is 1.68. The second-order valence-corrected chi connectivity index (χ2v) is 8.02. The molecule has 0 aliphatic heterocycles. The van der Waals surface area contributed by atoms with Crippen LogP contribution in [0.15, 0.2) is 42.7 Å². The number of unbranched alkanes of at least 4 members (excludes halogenated alkanes) is 5. The Morgan fingerprint density at radius 2 is 1.39 bits per heavy atom. The lowest BCUT2D eigenvalue weighted by Gasteiger charge is -2.13. The molecule has 4 heteroatoms. The molecule has 0 aliphatic carbocycles. The lowest BCUT2D eigenvalue weighted by molar-refractivity contribution is -0.697. The zero-order valence-electron chi connectivity index (χ0n) is 19.5.